The van der Waals surface area contributed by atoms with Crippen LogP contribution in [0, 0.1) is 0 Å². The molecule has 0 radical (unpaired) electrons. The number of anilines is 2. The molecule has 1 saturated heterocycles. The summed E-state index contributed by atoms with van der Waals surface area (Å²) in [6, 6.07) is 9.24. The quantitative estimate of drug-likeness (QED) is 0.749. The summed E-state index contributed by atoms with van der Waals surface area (Å²) in [6.45, 7) is 0.0918. The highest BCUT2D eigenvalue weighted by Crippen LogP contribution is 2.24. The summed E-state index contributed by atoms with van der Waals surface area (Å²) in [6.07, 6.45) is 2.01. The number of nitrogens with zero attached hydrogens (tertiary/aromatic N) is 3. The van der Waals surface area contributed by atoms with E-state index in [0.29, 0.717) is 11.5 Å². The van der Waals surface area contributed by atoms with Gasteiger partial charge in [0.15, 0.2) is 0 Å². The van der Waals surface area contributed by atoms with Crippen molar-refractivity contribution in [2.75, 3.05) is 23.9 Å². The molecule has 1 aliphatic rings. The first-order valence-corrected chi connectivity index (χ1v) is 9.84. The summed E-state index contributed by atoms with van der Waals surface area (Å²) in [7, 11) is -0.0863. The fourth-order valence-corrected chi connectivity index (χ4v) is 3.87. The Hall–Kier alpha value is -2.78. The first-order valence-electron chi connectivity index (χ1n) is 8.36. The molecule has 0 unspecified atom stereocenters. The second-order valence-electron chi connectivity index (χ2n) is 6.32. The predicted octanol–water partition coefficient (Wildman–Crippen LogP) is 1.28. The second-order valence-corrected chi connectivity index (χ2v) is 8.09. The molecule has 8 nitrogen and oxygen atoms in total. The van der Waals surface area contributed by atoms with Crippen molar-refractivity contribution in [3.63, 3.8) is 0 Å². The minimum absolute atomic E-state index is 0.0561. The molecular weight excluding hydrogens is 368 g/mol. The summed E-state index contributed by atoms with van der Waals surface area (Å²) < 4.78 is 27.7. The van der Waals surface area contributed by atoms with Gasteiger partial charge in [-0.15, -0.1) is 0 Å². The first kappa shape index (κ1) is 19.0. The molecule has 3 rings (SSSR count). The number of rotatable bonds is 6. The van der Waals surface area contributed by atoms with E-state index in [1.165, 1.54) is 24.3 Å². The Labute approximate surface area is 157 Å². The number of hydrogen-bond acceptors (Lipinski definition) is 6. The normalized spacial score (nSPS) is 14.7. The van der Waals surface area contributed by atoms with Crippen molar-refractivity contribution in [3.8, 4) is 0 Å². The molecule has 2 aromatic rings. The molecule has 1 N–H and O–H groups in total. The Balaban J connectivity index is 1.76. The lowest BCUT2D eigenvalue weighted by Crippen LogP contribution is -2.28. The van der Waals surface area contributed by atoms with Crippen molar-refractivity contribution < 1.29 is 18.0 Å². The van der Waals surface area contributed by atoms with Gasteiger partial charge in [0.05, 0.1) is 10.6 Å². The van der Waals surface area contributed by atoms with E-state index in [1.54, 1.807) is 18.3 Å². The van der Waals surface area contributed by atoms with Crippen molar-refractivity contribution in [1.29, 1.82) is 0 Å². The number of aromatic nitrogens is 1. The van der Waals surface area contributed by atoms with Gasteiger partial charge in [-0.2, -0.15) is 0 Å². The molecule has 0 spiro atoms. The van der Waals surface area contributed by atoms with Gasteiger partial charge in [-0.1, -0.05) is 6.07 Å². The van der Waals surface area contributed by atoms with Crippen molar-refractivity contribution in [3.05, 3.63) is 48.2 Å². The zero-order valence-electron chi connectivity index (χ0n) is 15.0. The van der Waals surface area contributed by atoms with E-state index in [1.807, 2.05) is 19.0 Å². The standard InChI is InChI=1S/C18H20N4O4S/c1-21(2)18-13(4-3-11-19-18)12-20-27(25,26)15-7-5-14(6-8-15)22-16(23)9-10-17(22)24/h3-8,11,20H,9-10,12H2,1-2H3. The fourth-order valence-electron chi connectivity index (χ4n) is 2.87. The molecule has 27 heavy (non-hydrogen) atoms. The maximum atomic E-state index is 12.6. The largest absolute Gasteiger partial charge is 0.362 e. The number of imide groups is 1. The minimum Gasteiger partial charge on any atom is -0.362 e. The third kappa shape index (κ3) is 3.99. The van der Waals surface area contributed by atoms with Crippen LogP contribution in [0.15, 0.2) is 47.5 Å². The summed E-state index contributed by atoms with van der Waals surface area (Å²) in [5.41, 5.74) is 1.12. The Bertz CT molecular complexity index is 955. The highest BCUT2D eigenvalue weighted by molar-refractivity contribution is 7.89. The van der Waals surface area contributed by atoms with Crippen LogP contribution in [0.2, 0.25) is 0 Å². The summed E-state index contributed by atoms with van der Waals surface area (Å²) >= 11 is 0. The van der Waals surface area contributed by atoms with Crippen molar-refractivity contribution in [2.24, 2.45) is 0 Å². The fraction of sp³-hybridized carbons (Fsp3) is 0.278. The van der Waals surface area contributed by atoms with E-state index in [0.717, 1.165) is 10.5 Å². The first-order chi connectivity index (χ1) is 12.8. The van der Waals surface area contributed by atoms with Crippen molar-refractivity contribution >= 4 is 33.3 Å². The Kier molecular flexibility index (Phi) is 5.24. The molecule has 1 aromatic heterocycles. The lowest BCUT2D eigenvalue weighted by Gasteiger charge is -2.16. The number of hydrogen-bond donors (Lipinski definition) is 1. The lowest BCUT2D eigenvalue weighted by atomic mass is 10.2. The van der Waals surface area contributed by atoms with E-state index in [-0.39, 0.29) is 36.1 Å². The van der Waals surface area contributed by atoms with Crippen LogP contribution in [-0.4, -0.2) is 39.3 Å². The molecule has 1 aliphatic heterocycles. The minimum atomic E-state index is -3.75. The third-order valence-electron chi connectivity index (χ3n) is 4.20. The maximum absolute atomic E-state index is 12.6. The average molecular weight is 388 g/mol. The number of benzene rings is 1. The van der Waals surface area contributed by atoms with Crippen LogP contribution in [0.4, 0.5) is 11.5 Å². The number of sulfonamides is 1. The van der Waals surface area contributed by atoms with Gasteiger partial charge in [-0.3, -0.25) is 14.5 Å². The van der Waals surface area contributed by atoms with Gasteiger partial charge in [0.2, 0.25) is 21.8 Å². The van der Waals surface area contributed by atoms with Gasteiger partial charge in [0, 0.05) is 45.2 Å². The third-order valence-corrected chi connectivity index (χ3v) is 5.62. The summed E-state index contributed by atoms with van der Waals surface area (Å²) in [5, 5.41) is 0. The van der Waals surface area contributed by atoms with Crippen LogP contribution in [0.1, 0.15) is 18.4 Å². The zero-order chi connectivity index (χ0) is 19.6. The lowest BCUT2D eigenvalue weighted by molar-refractivity contribution is -0.121. The summed E-state index contributed by atoms with van der Waals surface area (Å²) in [5.74, 6) is 0.129. The second kappa shape index (κ2) is 7.45. The van der Waals surface area contributed by atoms with E-state index < -0.39 is 10.0 Å². The topological polar surface area (TPSA) is 99.7 Å². The van der Waals surface area contributed by atoms with Crippen LogP contribution in [-0.2, 0) is 26.2 Å². The zero-order valence-corrected chi connectivity index (χ0v) is 15.9. The number of pyridine rings is 1. The monoisotopic (exact) mass is 388 g/mol. The number of carbonyl (C=O) groups excluding carboxylic acids is 2. The molecule has 1 fully saturated rings. The molecule has 1 aromatic carbocycles. The SMILES string of the molecule is CN(C)c1ncccc1CNS(=O)(=O)c1ccc(N2C(=O)CCC2=O)cc1. The molecule has 2 heterocycles. The number of nitrogens with one attached hydrogen (secondary N) is 1. The van der Waals surface area contributed by atoms with E-state index >= 15 is 0 Å². The van der Waals surface area contributed by atoms with Crippen LogP contribution < -0.4 is 14.5 Å². The highest BCUT2D eigenvalue weighted by Gasteiger charge is 2.30. The Morgan fingerprint density at radius 3 is 2.30 bits per heavy atom. The van der Waals surface area contributed by atoms with E-state index in [9.17, 15) is 18.0 Å². The predicted molar refractivity (Wildman–Crippen MR) is 101 cm³/mol. The molecule has 0 bridgehead atoms. The van der Waals surface area contributed by atoms with Gasteiger partial charge >= 0.3 is 0 Å². The molecule has 0 atom stereocenters. The van der Waals surface area contributed by atoms with Gasteiger partial charge in [0.25, 0.3) is 0 Å². The van der Waals surface area contributed by atoms with Crippen molar-refractivity contribution in [2.45, 2.75) is 24.3 Å². The van der Waals surface area contributed by atoms with Gasteiger partial charge in [-0.05, 0) is 30.3 Å². The molecule has 0 saturated carbocycles. The van der Waals surface area contributed by atoms with Gasteiger partial charge in [0.1, 0.15) is 5.82 Å². The van der Waals surface area contributed by atoms with Crippen LogP contribution in [0.3, 0.4) is 0 Å². The van der Waals surface area contributed by atoms with E-state index in [4.69, 9.17) is 0 Å². The summed E-state index contributed by atoms with van der Waals surface area (Å²) in [4.78, 5) is 30.7. The Morgan fingerprint density at radius 1 is 1.07 bits per heavy atom. The molecular formula is C18H20N4O4S. The van der Waals surface area contributed by atoms with Crippen LogP contribution in [0.25, 0.3) is 0 Å². The number of amides is 2. The average Bonchev–Trinajstić information content (AvgIpc) is 2.99. The molecule has 142 valence electrons. The van der Waals surface area contributed by atoms with Crippen LogP contribution >= 0.6 is 0 Å². The molecule has 2 amide bonds. The maximum Gasteiger partial charge on any atom is 0.240 e. The van der Waals surface area contributed by atoms with Gasteiger partial charge < -0.3 is 4.90 Å². The smallest absolute Gasteiger partial charge is 0.240 e. The molecule has 0 aliphatic carbocycles. The van der Waals surface area contributed by atoms with E-state index in [2.05, 4.69) is 9.71 Å². The number of carbonyl (C=O) groups is 2. The Morgan fingerprint density at radius 2 is 1.70 bits per heavy atom. The molecule has 9 heteroatoms. The van der Waals surface area contributed by atoms with Crippen LogP contribution in [0.5, 0.6) is 0 Å². The highest BCUT2D eigenvalue weighted by atomic mass is 32.2. The van der Waals surface area contributed by atoms with Gasteiger partial charge in [-0.25, -0.2) is 18.1 Å². The van der Waals surface area contributed by atoms with Crippen molar-refractivity contribution in [1.82, 2.24) is 9.71 Å².